The molecular weight excluding hydrogens is 250 g/mol. The molecule has 96 valence electrons. The maximum Gasteiger partial charge on any atom is 0.276 e. The number of nitro groups is 1. The number of carbonyl (C=O) groups is 1. The number of hydrogen-bond acceptors (Lipinski definition) is 5. The summed E-state index contributed by atoms with van der Waals surface area (Å²) in [5, 5.41) is 17.8. The van der Waals surface area contributed by atoms with Crippen molar-refractivity contribution < 1.29 is 9.72 Å². The molecule has 1 aromatic carbocycles. The van der Waals surface area contributed by atoms with Crippen LogP contribution < -0.4 is 5.43 Å². The molecule has 0 aliphatic carbocycles. The van der Waals surface area contributed by atoms with Crippen molar-refractivity contribution in [2.24, 2.45) is 0 Å². The van der Waals surface area contributed by atoms with E-state index in [2.05, 4.69) is 15.6 Å². The zero-order valence-corrected chi connectivity index (χ0v) is 9.63. The van der Waals surface area contributed by atoms with Crippen molar-refractivity contribution in [3.63, 3.8) is 0 Å². The van der Waals surface area contributed by atoms with E-state index in [1.807, 2.05) is 0 Å². The molecule has 0 aliphatic heterocycles. The second-order valence-electron chi connectivity index (χ2n) is 3.49. The minimum atomic E-state index is -0.503. The second kappa shape index (κ2) is 5.54. The summed E-state index contributed by atoms with van der Waals surface area (Å²) in [5.74, 6) is -0.446. The van der Waals surface area contributed by atoms with Crippen LogP contribution in [0, 0.1) is 10.1 Å². The lowest BCUT2D eigenvalue weighted by atomic mass is 10.1. The highest BCUT2D eigenvalue weighted by molar-refractivity contribution is 5.97. The molecule has 0 fully saturated rings. The van der Waals surface area contributed by atoms with Crippen molar-refractivity contribution >= 4 is 17.7 Å². The number of rotatable bonds is 4. The maximum absolute atomic E-state index is 11.5. The highest BCUT2D eigenvalue weighted by Gasteiger charge is 2.09. The Balaban J connectivity index is 2.10. The highest BCUT2D eigenvalue weighted by Crippen LogP contribution is 2.18. The molecule has 8 heteroatoms. The molecule has 2 rings (SSSR count). The van der Waals surface area contributed by atoms with Gasteiger partial charge in [0, 0.05) is 12.1 Å². The van der Waals surface area contributed by atoms with Crippen molar-refractivity contribution in [1.29, 1.82) is 0 Å². The monoisotopic (exact) mass is 259 g/mol. The van der Waals surface area contributed by atoms with Gasteiger partial charge >= 0.3 is 0 Å². The number of carbonyl (C=O) groups excluding carboxylic acids is 1. The SMILES string of the molecule is O=C(/C=C/c1ccccc1[N+](=O)[O-])Nn1cnnc1. The largest absolute Gasteiger partial charge is 0.276 e. The number of para-hydroxylation sites is 1. The lowest BCUT2D eigenvalue weighted by Crippen LogP contribution is -2.18. The molecule has 1 amide bonds. The average molecular weight is 259 g/mol. The van der Waals surface area contributed by atoms with Crippen LogP contribution in [0.3, 0.4) is 0 Å². The number of benzene rings is 1. The summed E-state index contributed by atoms with van der Waals surface area (Å²) < 4.78 is 1.27. The molecule has 2 aromatic rings. The Morgan fingerprint density at radius 2 is 2.00 bits per heavy atom. The minimum Gasteiger partial charge on any atom is -0.268 e. The van der Waals surface area contributed by atoms with E-state index in [4.69, 9.17) is 0 Å². The van der Waals surface area contributed by atoms with Crippen LogP contribution in [-0.4, -0.2) is 25.7 Å². The average Bonchev–Trinajstić information content (AvgIpc) is 2.89. The molecule has 0 unspecified atom stereocenters. The Hall–Kier alpha value is -3.03. The third-order valence-electron chi connectivity index (χ3n) is 2.21. The van der Waals surface area contributed by atoms with E-state index in [1.54, 1.807) is 18.2 Å². The number of nitro benzene ring substituents is 1. The van der Waals surface area contributed by atoms with Crippen LogP contribution in [0.15, 0.2) is 43.0 Å². The number of aromatic nitrogens is 3. The number of nitrogens with zero attached hydrogens (tertiary/aromatic N) is 4. The number of amides is 1. The summed E-state index contributed by atoms with van der Waals surface area (Å²) in [6.07, 6.45) is 5.20. The molecule has 8 nitrogen and oxygen atoms in total. The molecule has 0 saturated carbocycles. The van der Waals surface area contributed by atoms with Gasteiger partial charge in [-0.1, -0.05) is 12.1 Å². The first-order chi connectivity index (χ1) is 9.16. The van der Waals surface area contributed by atoms with Gasteiger partial charge in [-0.2, -0.15) is 0 Å². The fourth-order valence-corrected chi connectivity index (χ4v) is 1.38. The Morgan fingerprint density at radius 3 is 2.68 bits per heavy atom. The summed E-state index contributed by atoms with van der Waals surface area (Å²) in [6.45, 7) is 0. The van der Waals surface area contributed by atoms with Gasteiger partial charge in [0.1, 0.15) is 12.7 Å². The smallest absolute Gasteiger partial charge is 0.268 e. The van der Waals surface area contributed by atoms with Gasteiger partial charge in [0.05, 0.1) is 10.5 Å². The van der Waals surface area contributed by atoms with Crippen molar-refractivity contribution in [2.75, 3.05) is 5.43 Å². The van der Waals surface area contributed by atoms with E-state index in [0.29, 0.717) is 5.56 Å². The van der Waals surface area contributed by atoms with E-state index >= 15 is 0 Å². The van der Waals surface area contributed by atoms with Gasteiger partial charge in [0.25, 0.3) is 11.6 Å². The van der Waals surface area contributed by atoms with E-state index in [1.165, 1.54) is 35.5 Å². The van der Waals surface area contributed by atoms with Crippen LogP contribution >= 0.6 is 0 Å². The van der Waals surface area contributed by atoms with Gasteiger partial charge in [-0.25, -0.2) is 4.68 Å². The second-order valence-corrected chi connectivity index (χ2v) is 3.49. The van der Waals surface area contributed by atoms with Gasteiger partial charge in [-0.3, -0.25) is 20.3 Å². The summed E-state index contributed by atoms with van der Waals surface area (Å²) in [5.41, 5.74) is 2.73. The summed E-state index contributed by atoms with van der Waals surface area (Å²) in [6, 6.07) is 6.15. The van der Waals surface area contributed by atoms with Crippen LogP contribution in [0.2, 0.25) is 0 Å². The lowest BCUT2D eigenvalue weighted by Gasteiger charge is -2.00. The highest BCUT2D eigenvalue weighted by atomic mass is 16.6. The van der Waals surface area contributed by atoms with E-state index < -0.39 is 10.8 Å². The first-order valence-electron chi connectivity index (χ1n) is 5.24. The topological polar surface area (TPSA) is 103 Å². The predicted molar refractivity (Wildman–Crippen MR) is 66.5 cm³/mol. The molecule has 19 heavy (non-hydrogen) atoms. The fraction of sp³-hybridized carbons (Fsp3) is 0. The normalized spacial score (nSPS) is 10.5. The molecular formula is C11H9N5O3. The zero-order valence-electron chi connectivity index (χ0n) is 9.63. The van der Waals surface area contributed by atoms with Gasteiger partial charge in [-0.15, -0.1) is 10.2 Å². The van der Waals surface area contributed by atoms with Crippen LogP contribution in [-0.2, 0) is 4.79 Å². The van der Waals surface area contributed by atoms with Gasteiger partial charge < -0.3 is 0 Å². The molecule has 0 radical (unpaired) electrons. The first kappa shape index (κ1) is 12.4. The summed E-state index contributed by atoms with van der Waals surface area (Å²) in [4.78, 5) is 21.8. The molecule has 0 saturated heterocycles. The van der Waals surface area contributed by atoms with Crippen molar-refractivity contribution in [3.8, 4) is 0 Å². The van der Waals surface area contributed by atoms with Crippen LogP contribution in [0.25, 0.3) is 6.08 Å². The molecule has 0 aliphatic rings. The van der Waals surface area contributed by atoms with Crippen LogP contribution in [0.1, 0.15) is 5.56 Å². The van der Waals surface area contributed by atoms with Crippen molar-refractivity contribution in [3.05, 3.63) is 58.7 Å². The number of hydrogen-bond donors (Lipinski definition) is 1. The molecule has 1 heterocycles. The first-order valence-corrected chi connectivity index (χ1v) is 5.24. The van der Waals surface area contributed by atoms with E-state index in [0.717, 1.165) is 0 Å². The zero-order chi connectivity index (χ0) is 13.7. The fourth-order valence-electron chi connectivity index (χ4n) is 1.38. The molecule has 1 aromatic heterocycles. The Kier molecular flexibility index (Phi) is 3.62. The Morgan fingerprint density at radius 1 is 1.32 bits per heavy atom. The Bertz CT molecular complexity index is 621. The standard InChI is InChI=1S/C11H9N5O3/c17-11(14-15-7-12-13-8-15)6-5-9-3-1-2-4-10(9)16(18)19/h1-8H,(H,14,17)/b6-5+. The lowest BCUT2D eigenvalue weighted by molar-refractivity contribution is -0.385. The summed E-state index contributed by atoms with van der Waals surface area (Å²) in [7, 11) is 0. The molecule has 1 N–H and O–H groups in total. The molecule has 0 bridgehead atoms. The van der Waals surface area contributed by atoms with E-state index in [-0.39, 0.29) is 5.69 Å². The quantitative estimate of drug-likeness (QED) is 0.500. The van der Waals surface area contributed by atoms with Gasteiger partial charge in [0.2, 0.25) is 0 Å². The number of nitrogens with one attached hydrogen (secondary N) is 1. The van der Waals surface area contributed by atoms with Gasteiger partial charge in [0.15, 0.2) is 0 Å². The van der Waals surface area contributed by atoms with Crippen LogP contribution in [0.4, 0.5) is 5.69 Å². The third-order valence-corrected chi connectivity index (χ3v) is 2.21. The molecule has 0 spiro atoms. The van der Waals surface area contributed by atoms with Crippen molar-refractivity contribution in [2.45, 2.75) is 0 Å². The minimum absolute atomic E-state index is 0.0594. The van der Waals surface area contributed by atoms with E-state index in [9.17, 15) is 14.9 Å². The van der Waals surface area contributed by atoms with Crippen molar-refractivity contribution in [1.82, 2.24) is 14.9 Å². The van der Waals surface area contributed by atoms with Gasteiger partial charge in [-0.05, 0) is 12.1 Å². The third kappa shape index (κ3) is 3.22. The Labute approximate surface area is 107 Å². The predicted octanol–water partition coefficient (Wildman–Crippen LogP) is 0.970. The van der Waals surface area contributed by atoms with Crippen LogP contribution in [0.5, 0.6) is 0 Å². The molecule has 0 atom stereocenters. The summed E-state index contributed by atoms with van der Waals surface area (Å²) >= 11 is 0. The maximum atomic E-state index is 11.5.